The fourth-order valence-corrected chi connectivity index (χ4v) is 2.57. The molecule has 0 saturated carbocycles. The maximum absolute atomic E-state index is 12.6. The van der Waals surface area contributed by atoms with Crippen LogP contribution in [0.2, 0.25) is 5.02 Å². The number of rotatable bonds is 6. The van der Waals surface area contributed by atoms with E-state index in [1.165, 1.54) is 5.56 Å². The van der Waals surface area contributed by atoms with Gasteiger partial charge in [-0.15, -0.1) is 0 Å². The summed E-state index contributed by atoms with van der Waals surface area (Å²) in [5.74, 6) is 0.864. The molecule has 0 bridgehead atoms. The van der Waals surface area contributed by atoms with Gasteiger partial charge in [0.1, 0.15) is 18.1 Å². The van der Waals surface area contributed by atoms with E-state index in [9.17, 15) is 4.79 Å². The van der Waals surface area contributed by atoms with Crippen LogP contribution in [0.1, 0.15) is 34.3 Å². The number of ether oxygens (including phenoxy) is 1. The molecular weight excluding hydrogens is 352 g/mol. The van der Waals surface area contributed by atoms with Crippen LogP contribution < -0.4 is 10.1 Å². The third kappa shape index (κ3) is 4.24. The second-order valence-corrected chi connectivity index (χ2v) is 6.25. The van der Waals surface area contributed by atoms with Crippen molar-refractivity contribution in [1.82, 2.24) is 5.16 Å². The molecule has 1 aromatic heterocycles. The number of amides is 1. The Morgan fingerprint density at radius 1 is 1.15 bits per heavy atom. The molecule has 5 nitrogen and oxygen atoms in total. The molecule has 0 spiro atoms. The number of hydrogen-bond acceptors (Lipinski definition) is 4. The van der Waals surface area contributed by atoms with Crippen molar-refractivity contribution >= 4 is 23.2 Å². The normalized spacial score (nSPS) is 10.6. The number of carbonyl (C=O) groups excluding carboxylic acids is 1. The van der Waals surface area contributed by atoms with Crippen LogP contribution in [-0.4, -0.2) is 11.1 Å². The molecule has 2 aromatic carbocycles. The Labute approximate surface area is 156 Å². The predicted octanol–water partition coefficient (Wildman–Crippen LogP) is 5.03. The molecule has 0 fully saturated rings. The summed E-state index contributed by atoms with van der Waals surface area (Å²) in [5, 5.41) is 7.35. The quantitative estimate of drug-likeness (QED) is 0.660. The van der Waals surface area contributed by atoms with Crippen LogP contribution in [0.4, 0.5) is 5.69 Å². The molecule has 6 heteroatoms. The first-order chi connectivity index (χ1) is 12.6. The first kappa shape index (κ1) is 18.0. The van der Waals surface area contributed by atoms with Crippen LogP contribution in [0.5, 0.6) is 5.75 Å². The van der Waals surface area contributed by atoms with E-state index in [2.05, 4.69) is 17.4 Å². The third-order valence-electron chi connectivity index (χ3n) is 4.02. The lowest BCUT2D eigenvalue weighted by Gasteiger charge is -2.08. The van der Waals surface area contributed by atoms with Gasteiger partial charge < -0.3 is 14.6 Å². The van der Waals surface area contributed by atoms with E-state index < -0.39 is 0 Å². The van der Waals surface area contributed by atoms with Crippen molar-refractivity contribution < 1.29 is 14.1 Å². The Bertz CT molecular complexity index is 886. The van der Waals surface area contributed by atoms with Crippen LogP contribution in [0.3, 0.4) is 0 Å². The van der Waals surface area contributed by atoms with Crippen LogP contribution >= 0.6 is 11.6 Å². The molecule has 0 unspecified atom stereocenters. The highest BCUT2D eigenvalue weighted by Crippen LogP contribution is 2.21. The number of aromatic nitrogens is 1. The molecule has 3 aromatic rings. The summed E-state index contributed by atoms with van der Waals surface area (Å²) in [6.45, 7) is 4.01. The smallest absolute Gasteiger partial charge is 0.278 e. The highest BCUT2D eigenvalue weighted by molar-refractivity contribution is 6.30. The minimum Gasteiger partial charge on any atom is -0.489 e. The van der Waals surface area contributed by atoms with Crippen LogP contribution in [0.25, 0.3) is 0 Å². The fraction of sp³-hybridized carbons (Fsp3) is 0.200. The number of aryl methyl sites for hydroxylation is 2. The Morgan fingerprint density at radius 3 is 2.50 bits per heavy atom. The summed E-state index contributed by atoms with van der Waals surface area (Å²) in [7, 11) is 0. The van der Waals surface area contributed by atoms with E-state index in [1.54, 1.807) is 31.2 Å². The van der Waals surface area contributed by atoms with Crippen molar-refractivity contribution in [3.63, 3.8) is 0 Å². The van der Waals surface area contributed by atoms with Crippen LogP contribution in [0.15, 0.2) is 53.1 Å². The molecule has 26 heavy (non-hydrogen) atoms. The van der Waals surface area contributed by atoms with E-state index in [-0.39, 0.29) is 18.2 Å². The van der Waals surface area contributed by atoms with E-state index in [0.717, 1.165) is 6.42 Å². The first-order valence-corrected chi connectivity index (χ1v) is 8.68. The van der Waals surface area contributed by atoms with Crippen molar-refractivity contribution in [2.75, 3.05) is 5.32 Å². The molecule has 134 valence electrons. The predicted molar refractivity (Wildman–Crippen MR) is 101 cm³/mol. The Hall–Kier alpha value is -2.79. The van der Waals surface area contributed by atoms with Gasteiger partial charge in [-0.3, -0.25) is 4.79 Å². The van der Waals surface area contributed by atoms with E-state index in [1.807, 2.05) is 24.3 Å². The van der Waals surface area contributed by atoms with Crippen molar-refractivity contribution in [3.8, 4) is 5.75 Å². The lowest BCUT2D eigenvalue weighted by molar-refractivity contribution is 0.101. The highest BCUT2D eigenvalue weighted by Gasteiger charge is 2.20. The second kappa shape index (κ2) is 8.06. The van der Waals surface area contributed by atoms with Gasteiger partial charge in [0, 0.05) is 10.7 Å². The lowest BCUT2D eigenvalue weighted by Crippen LogP contribution is -2.15. The van der Waals surface area contributed by atoms with Gasteiger partial charge in [-0.2, -0.15) is 0 Å². The van der Waals surface area contributed by atoms with Gasteiger partial charge >= 0.3 is 0 Å². The van der Waals surface area contributed by atoms with Crippen molar-refractivity contribution in [3.05, 3.63) is 76.1 Å². The molecule has 0 aliphatic carbocycles. The van der Waals surface area contributed by atoms with Crippen LogP contribution in [-0.2, 0) is 13.0 Å². The second-order valence-electron chi connectivity index (χ2n) is 5.81. The molecular formula is C20H19ClN2O3. The summed E-state index contributed by atoms with van der Waals surface area (Å²) in [4.78, 5) is 12.6. The average Bonchev–Trinajstić information content (AvgIpc) is 3.02. The number of nitrogens with one attached hydrogen (secondary N) is 1. The Balaban J connectivity index is 1.71. The zero-order chi connectivity index (χ0) is 18.5. The Morgan fingerprint density at radius 2 is 1.85 bits per heavy atom. The van der Waals surface area contributed by atoms with Crippen LogP contribution in [0, 0.1) is 6.92 Å². The van der Waals surface area contributed by atoms with E-state index >= 15 is 0 Å². The average molecular weight is 371 g/mol. The summed E-state index contributed by atoms with van der Waals surface area (Å²) >= 11 is 5.87. The first-order valence-electron chi connectivity index (χ1n) is 8.30. The lowest BCUT2D eigenvalue weighted by atomic mass is 10.1. The number of hydrogen-bond donors (Lipinski definition) is 1. The molecule has 1 amide bonds. The molecule has 0 atom stereocenters. The minimum atomic E-state index is -0.333. The number of nitrogens with zero attached hydrogens (tertiary/aromatic N) is 1. The molecule has 0 saturated heterocycles. The van der Waals surface area contributed by atoms with Gasteiger partial charge in [-0.25, -0.2) is 0 Å². The monoisotopic (exact) mass is 370 g/mol. The summed E-state index contributed by atoms with van der Waals surface area (Å²) in [6.07, 6.45) is 0.947. The van der Waals surface area contributed by atoms with Gasteiger partial charge in [0.2, 0.25) is 0 Å². The van der Waals surface area contributed by atoms with Crippen molar-refractivity contribution in [2.24, 2.45) is 0 Å². The van der Waals surface area contributed by atoms with E-state index in [0.29, 0.717) is 27.8 Å². The summed E-state index contributed by atoms with van der Waals surface area (Å²) in [6, 6.07) is 14.7. The third-order valence-corrected chi connectivity index (χ3v) is 4.27. The largest absolute Gasteiger partial charge is 0.489 e. The minimum absolute atomic E-state index is 0.175. The standard InChI is InChI=1S/C20H19ClN2O3/c1-3-14-4-8-16(9-5-14)22-20(24)19-18(13(2)26-23-19)12-25-17-10-6-15(21)7-11-17/h4-11H,3,12H2,1-2H3,(H,22,24). The fourth-order valence-electron chi connectivity index (χ4n) is 2.44. The van der Waals surface area contributed by atoms with Gasteiger partial charge in [0.15, 0.2) is 5.69 Å². The zero-order valence-electron chi connectivity index (χ0n) is 14.6. The maximum atomic E-state index is 12.6. The highest BCUT2D eigenvalue weighted by atomic mass is 35.5. The number of carbonyl (C=O) groups is 1. The van der Waals surface area contributed by atoms with Gasteiger partial charge in [0.25, 0.3) is 5.91 Å². The van der Waals surface area contributed by atoms with Gasteiger partial charge in [0.05, 0.1) is 5.56 Å². The molecule has 0 radical (unpaired) electrons. The molecule has 1 N–H and O–H groups in total. The van der Waals surface area contributed by atoms with Gasteiger partial charge in [-0.1, -0.05) is 35.8 Å². The van der Waals surface area contributed by atoms with Gasteiger partial charge in [-0.05, 0) is 55.3 Å². The Kier molecular flexibility index (Phi) is 5.58. The maximum Gasteiger partial charge on any atom is 0.278 e. The molecule has 3 rings (SSSR count). The molecule has 1 heterocycles. The topological polar surface area (TPSA) is 64.4 Å². The van der Waals surface area contributed by atoms with Crippen molar-refractivity contribution in [1.29, 1.82) is 0 Å². The number of anilines is 1. The number of halogens is 1. The summed E-state index contributed by atoms with van der Waals surface area (Å²) in [5.41, 5.74) is 2.74. The summed E-state index contributed by atoms with van der Waals surface area (Å²) < 4.78 is 10.9. The molecule has 0 aliphatic rings. The van der Waals surface area contributed by atoms with Crippen molar-refractivity contribution in [2.45, 2.75) is 26.9 Å². The number of benzene rings is 2. The SMILES string of the molecule is CCc1ccc(NC(=O)c2noc(C)c2COc2ccc(Cl)cc2)cc1. The van der Waals surface area contributed by atoms with E-state index in [4.69, 9.17) is 20.9 Å². The zero-order valence-corrected chi connectivity index (χ0v) is 15.3. The molecule has 0 aliphatic heterocycles.